The zero-order valence-electron chi connectivity index (χ0n) is 6.49. The zero-order valence-corrected chi connectivity index (χ0v) is 6.49. The Morgan fingerprint density at radius 1 is 1.75 bits per heavy atom. The van der Waals surface area contributed by atoms with Gasteiger partial charge in [-0.2, -0.15) is 0 Å². The molecule has 1 N–H and O–H groups in total. The molecule has 0 spiro atoms. The first kappa shape index (κ1) is 8.64. The molecule has 0 aliphatic heterocycles. The van der Waals surface area contributed by atoms with Crippen LogP contribution in [-0.4, -0.2) is 16.1 Å². The highest BCUT2D eigenvalue weighted by atomic mass is 19.1. The topological polar surface area (TPSA) is 50.2 Å². The van der Waals surface area contributed by atoms with Crippen LogP contribution in [0.15, 0.2) is 18.3 Å². The van der Waals surface area contributed by atoms with E-state index in [-0.39, 0.29) is 11.3 Å². The smallest absolute Gasteiger partial charge is 0.354 e. The van der Waals surface area contributed by atoms with Gasteiger partial charge < -0.3 is 5.11 Å². The molecule has 3 nitrogen and oxygen atoms in total. The first-order chi connectivity index (χ1) is 5.63. The van der Waals surface area contributed by atoms with Gasteiger partial charge in [0.1, 0.15) is 6.17 Å². The van der Waals surface area contributed by atoms with E-state index in [1.165, 1.54) is 25.3 Å². The number of aromatic carboxylic acids is 1. The molecule has 0 aromatic carbocycles. The van der Waals surface area contributed by atoms with Crippen molar-refractivity contribution in [3.05, 3.63) is 29.6 Å². The van der Waals surface area contributed by atoms with Gasteiger partial charge in [0.05, 0.1) is 0 Å². The fraction of sp³-hybridized carbons (Fsp3) is 0.250. The Bertz CT molecular complexity index is 299. The minimum absolute atomic E-state index is 0.116. The first-order valence-corrected chi connectivity index (χ1v) is 3.45. The second-order valence-electron chi connectivity index (χ2n) is 2.36. The van der Waals surface area contributed by atoms with Crippen LogP contribution in [0, 0.1) is 0 Å². The molecule has 0 bridgehead atoms. The van der Waals surface area contributed by atoms with Gasteiger partial charge in [-0.15, -0.1) is 0 Å². The second-order valence-corrected chi connectivity index (χ2v) is 2.36. The van der Waals surface area contributed by atoms with E-state index in [1.54, 1.807) is 0 Å². The molecule has 12 heavy (non-hydrogen) atoms. The summed E-state index contributed by atoms with van der Waals surface area (Å²) in [7, 11) is 0. The summed E-state index contributed by atoms with van der Waals surface area (Å²) in [5.41, 5.74) is -0.0995. The van der Waals surface area contributed by atoms with E-state index in [1.807, 2.05) is 0 Å². The zero-order chi connectivity index (χ0) is 9.14. The van der Waals surface area contributed by atoms with Gasteiger partial charge in [0.25, 0.3) is 0 Å². The van der Waals surface area contributed by atoms with Crippen molar-refractivity contribution >= 4 is 5.97 Å². The summed E-state index contributed by atoms with van der Waals surface area (Å²) < 4.78 is 12.8. The lowest BCUT2D eigenvalue weighted by molar-refractivity contribution is 0.0687. The number of rotatable bonds is 2. The standard InChI is InChI=1S/C8H8FNO2/c1-5(9)6-3-2-4-10-7(6)8(11)12/h2-5H,1H3,(H,11,12). The largest absolute Gasteiger partial charge is 0.477 e. The summed E-state index contributed by atoms with van der Waals surface area (Å²) in [6, 6.07) is 2.93. The molecular weight excluding hydrogens is 161 g/mol. The molecule has 1 heterocycles. The summed E-state index contributed by atoms with van der Waals surface area (Å²) in [6.45, 7) is 1.28. The molecule has 0 aliphatic rings. The van der Waals surface area contributed by atoms with Gasteiger partial charge in [0.2, 0.25) is 0 Å². The maximum atomic E-state index is 12.8. The Hall–Kier alpha value is -1.45. The van der Waals surface area contributed by atoms with Gasteiger partial charge in [0, 0.05) is 11.8 Å². The maximum Gasteiger partial charge on any atom is 0.354 e. The molecule has 1 aromatic heterocycles. The molecule has 0 amide bonds. The molecule has 1 aromatic rings. The normalized spacial score (nSPS) is 12.5. The lowest BCUT2D eigenvalue weighted by Crippen LogP contribution is -2.05. The fourth-order valence-corrected chi connectivity index (χ4v) is 0.917. The number of carbonyl (C=O) groups is 1. The molecule has 4 heteroatoms. The third-order valence-corrected chi connectivity index (χ3v) is 1.47. The van der Waals surface area contributed by atoms with Crippen LogP contribution in [0.4, 0.5) is 4.39 Å². The SMILES string of the molecule is CC(F)c1cccnc1C(=O)O. The van der Waals surface area contributed by atoms with Crippen molar-refractivity contribution in [2.24, 2.45) is 0 Å². The van der Waals surface area contributed by atoms with Crippen LogP contribution in [-0.2, 0) is 0 Å². The average molecular weight is 169 g/mol. The molecule has 1 unspecified atom stereocenters. The first-order valence-electron chi connectivity index (χ1n) is 3.45. The lowest BCUT2D eigenvalue weighted by Gasteiger charge is -2.04. The molecule has 64 valence electrons. The van der Waals surface area contributed by atoms with E-state index in [0.717, 1.165) is 0 Å². The van der Waals surface area contributed by atoms with Crippen molar-refractivity contribution in [2.75, 3.05) is 0 Å². The predicted octanol–water partition coefficient (Wildman–Crippen LogP) is 1.81. The summed E-state index contributed by atoms with van der Waals surface area (Å²) in [4.78, 5) is 14.1. The Balaban J connectivity index is 3.17. The van der Waals surface area contributed by atoms with Gasteiger partial charge >= 0.3 is 5.97 Å². The molecule has 0 radical (unpaired) electrons. The quantitative estimate of drug-likeness (QED) is 0.734. The summed E-state index contributed by atoms with van der Waals surface area (Å²) in [5.74, 6) is -1.20. The van der Waals surface area contributed by atoms with Crippen LogP contribution in [0.2, 0.25) is 0 Å². The third-order valence-electron chi connectivity index (χ3n) is 1.47. The second kappa shape index (κ2) is 3.30. The molecule has 1 atom stereocenters. The number of alkyl halides is 1. The summed E-state index contributed by atoms with van der Waals surface area (Å²) >= 11 is 0. The number of halogens is 1. The van der Waals surface area contributed by atoms with Crippen molar-refractivity contribution < 1.29 is 14.3 Å². The lowest BCUT2D eigenvalue weighted by atomic mass is 10.1. The third kappa shape index (κ3) is 1.58. The number of nitrogens with zero attached hydrogens (tertiary/aromatic N) is 1. The monoisotopic (exact) mass is 169 g/mol. The number of hydrogen-bond acceptors (Lipinski definition) is 2. The van der Waals surface area contributed by atoms with E-state index in [4.69, 9.17) is 5.11 Å². The summed E-state index contributed by atoms with van der Waals surface area (Å²) in [6.07, 6.45) is 0.0276. The van der Waals surface area contributed by atoms with E-state index in [2.05, 4.69) is 4.98 Å². The minimum Gasteiger partial charge on any atom is -0.477 e. The highest BCUT2D eigenvalue weighted by Gasteiger charge is 2.14. The van der Waals surface area contributed by atoms with Crippen LogP contribution in [0.5, 0.6) is 0 Å². The Morgan fingerprint density at radius 3 is 2.83 bits per heavy atom. The van der Waals surface area contributed by atoms with Crippen LogP contribution in [0.1, 0.15) is 29.1 Å². The predicted molar refractivity (Wildman–Crippen MR) is 40.7 cm³/mol. The van der Waals surface area contributed by atoms with Crippen molar-refractivity contribution in [2.45, 2.75) is 13.1 Å². The van der Waals surface area contributed by atoms with Gasteiger partial charge in [-0.25, -0.2) is 14.2 Å². The average Bonchev–Trinajstić information content (AvgIpc) is 2.04. The number of carboxylic acid groups (broad SMARTS) is 1. The van der Waals surface area contributed by atoms with Crippen LogP contribution in [0.25, 0.3) is 0 Å². The van der Waals surface area contributed by atoms with Crippen LogP contribution < -0.4 is 0 Å². The maximum absolute atomic E-state index is 12.8. The van der Waals surface area contributed by atoms with E-state index in [9.17, 15) is 9.18 Å². The Kier molecular flexibility index (Phi) is 2.38. The molecule has 0 fully saturated rings. The number of pyridine rings is 1. The number of hydrogen-bond donors (Lipinski definition) is 1. The van der Waals surface area contributed by atoms with Crippen molar-refractivity contribution in [3.8, 4) is 0 Å². The van der Waals surface area contributed by atoms with Crippen LogP contribution in [0.3, 0.4) is 0 Å². The van der Waals surface area contributed by atoms with E-state index >= 15 is 0 Å². The van der Waals surface area contributed by atoms with E-state index < -0.39 is 12.1 Å². The Morgan fingerprint density at radius 2 is 2.42 bits per heavy atom. The fourth-order valence-electron chi connectivity index (χ4n) is 0.917. The van der Waals surface area contributed by atoms with Crippen LogP contribution >= 0.6 is 0 Å². The number of carboxylic acids is 1. The van der Waals surface area contributed by atoms with Crippen molar-refractivity contribution in [1.82, 2.24) is 4.98 Å². The van der Waals surface area contributed by atoms with Crippen molar-refractivity contribution in [1.29, 1.82) is 0 Å². The molecular formula is C8H8FNO2. The van der Waals surface area contributed by atoms with E-state index in [0.29, 0.717) is 0 Å². The number of aromatic nitrogens is 1. The Labute approximate surface area is 68.9 Å². The van der Waals surface area contributed by atoms with Crippen molar-refractivity contribution in [3.63, 3.8) is 0 Å². The van der Waals surface area contributed by atoms with Gasteiger partial charge in [-0.1, -0.05) is 6.07 Å². The molecule has 0 saturated heterocycles. The van der Waals surface area contributed by atoms with Gasteiger partial charge in [-0.3, -0.25) is 0 Å². The summed E-state index contributed by atoms with van der Waals surface area (Å²) in [5, 5.41) is 8.59. The molecule has 0 saturated carbocycles. The highest BCUT2D eigenvalue weighted by molar-refractivity contribution is 5.87. The van der Waals surface area contributed by atoms with Gasteiger partial charge in [-0.05, 0) is 13.0 Å². The van der Waals surface area contributed by atoms with Gasteiger partial charge in [0.15, 0.2) is 5.69 Å². The molecule has 1 rings (SSSR count). The molecule has 0 aliphatic carbocycles. The minimum atomic E-state index is -1.30. The highest BCUT2D eigenvalue weighted by Crippen LogP contribution is 2.18.